The largest absolute Gasteiger partial charge is 0.444 e. The summed E-state index contributed by atoms with van der Waals surface area (Å²) in [5, 5.41) is 6.85. The second-order valence-corrected chi connectivity index (χ2v) is 6.74. The number of nitrogen functional groups attached to an aromatic ring is 1. The number of hydrogen-bond acceptors (Lipinski definition) is 4. The van der Waals surface area contributed by atoms with Crippen molar-refractivity contribution in [3.63, 3.8) is 0 Å². The highest BCUT2D eigenvalue weighted by Crippen LogP contribution is 2.32. The van der Waals surface area contributed by atoms with Crippen LogP contribution in [0.15, 0.2) is 28.9 Å². The fraction of sp³-hybridized carbons (Fsp3) is 0.333. The Morgan fingerprint density at radius 3 is 2.64 bits per heavy atom. The van der Waals surface area contributed by atoms with Gasteiger partial charge in [0.1, 0.15) is 11.4 Å². The molecule has 0 atom stereocenters. The lowest BCUT2D eigenvalue weighted by molar-refractivity contribution is 0.0636. The number of rotatable bonds is 2. The van der Waals surface area contributed by atoms with Crippen LogP contribution in [-0.4, -0.2) is 21.5 Å². The molecule has 0 aliphatic carbocycles. The van der Waals surface area contributed by atoms with Crippen LogP contribution in [0.1, 0.15) is 20.8 Å². The molecule has 118 valence electrons. The van der Waals surface area contributed by atoms with Gasteiger partial charge < -0.3 is 10.5 Å². The summed E-state index contributed by atoms with van der Waals surface area (Å²) in [7, 11) is 1.78. The van der Waals surface area contributed by atoms with Crippen LogP contribution in [0.3, 0.4) is 0 Å². The van der Waals surface area contributed by atoms with E-state index in [-0.39, 0.29) is 0 Å². The highest BCUT2D eigenvalue weighted by atomic mass is 79.9. The van der Waals surface area contributed by atoms with E-state index in [4.69, 9.17) is 10.5 Å². The van der Waals surface area contributed by atoms with Gasteiger partial charge in [-0.05, 0) is 54.4 Å². The van der Waals surface area contributed by atoms with Crippen molar-refractivity contribution in [1.29, 1.82) is 0 Å². The molecular formula is C15H19BrN4O2. The van der Waals surface area contributed by atoms with Crippen molar-refractivity contribution in [1.82, 2.24) is 9.78 Å². The summed E-state index contributed by atoms with van der Waals surface area (Å²) in [4.78, 5) is 11.9. The van der Waals surface area contributed by atoms with E-state index in [0.29, 0.717) is 11.5 Å². The summed E-state index contributed by atoms with van der Waals surface area (Å²) in [5.74, 6) is 0.561. The van der Waals surface area contributed by atoms with Crippen LogP contribution in [0.2, 0.25) is 0 Å². The summed E-state index contributed by atoms with van der Waals surface area (Å²) in [6.45, 7) is 5.44. The Balaban J connectivity index is 2.28. The number of carbonyl (C=O) groups excluding carboxylic acids is 1. The minimum absolute atomic E-state index is 0.510. The van der Waals surface area contributed by atoms with E-state index in [1.807, 2.05) is 39.0 Å². The highest BCUT2D eigenvalue weighted by molar-refractivity contribution is 9.10. The molecule has 1 aromatic heterocycles. The lowest BCUT2D eigenvalue weighted by atomic mass is 10.1. The highest BCUT2D eigenvalue weighted by Gasteiger charge is 2.17. The molecule has 0 spiro atoms. The molecule has 1 heterocycles. The number of aryl methyl sites for hydroxylation is 1. The number of nitrogens with two attached hydrogens (primary N) is 1. The average molecular weight is 367 g/mol. The molecule has 1 amide bonds. The fourth-order valence-corrected chi connectivity index (χ4v) is 2.22. The predicted molar refractivity (Wildman–Crippen MR) is 90.6 cm³/mol. The van der Waals surface area contributed by atoms with Crippen molar-refractivity contribution in [2.24, 2.45) is 7.05 Å². The average Bonchev–Trinajstić information content (AvgIpc) is 2.71. The first-order valence-electron chi connectivity index (χ1n) is 6.75. The third kappa shape index (κ3) is 3.79. The summed E-state index contributed by atoms with van der Waals surface area (Å²) in [6.07, 6.45) is 1.18. The zero-order valence-corrected chi connectivity index (χ0v) is 14.6. The topological polar surface area (TPSA) is 82.2 Å². The smallest absolute Gasteiger partial charge is 0.412 e. The molecular weight excluding hydrogens is 348 g/mol. The lowest BCUT2D eigenvalue weighted by Crippen LogP contribution is -2.27. The number of ether oxygens (including phenoxy) is 1. The maximum atomic E-state index is 11.9. The first kappa shape index (κ1) is 16.4. The molecule has 0 fully saturated rings. The van der Waals surface area contributed by atoms with E-state index in [0.717, 1.165) is 15.6 Å². The minimum atomic E-state index is -0.554. The Hall–Kier alpha value is -2.02. The molecule has 22 heavy (non-hydrogen) atoms. The normalized spacial score (nSPS) is 11.3. The number of halogens is 1. The number of aromatic nitrogens is 2. The van der Waals surface area contributed by atoms with Crippen molar-refractivity contribution >= 4 is 33.5 Å². The maximum Gasteiger partial charge on any atom is 0.412 e. The van der Waals surface area contributed by atoms with Gasteiger partial charge in [-0.2, -0.15) is 5.10 Å². The monoisotopic (exact) mass is 366 g/mol. The third-order valence-electron chi connectivity index (χ3n) is 2.90. The van der Waals surface area contributed by atoms with Gasteiger partial charge in [0.15, 0.2) is 0 Å². The van der Waals surface area contributed by atoms with Gasteiger partial charge in [0.25, 0.3) is 0 Å². The molecule has 2 aromatic rings. The molecule has 7 heteroatoms. The quantitative estimate of drug-likeness (QED) is 0.846. The molecule has 0 unspecified atom stereocenters. The Morgan fingerprint density at radius 2 is 2.09 bits per heavy atom. The number of amides is 1. The van der Waals surface area contributed by atoms with Crippen molar-refractivity contribution < 1.29 is 9.53 Å². The van der Waals surface area contributed by atoms with Gasteiger partial charge in [0.2, 0.25) is 0 Å². The van der Waals surface area contributed by atoms with Gasteiger partial charge >= 0.3 is 6.09 Å². The van der Waals surface area contributed by atoms with Crippen LogP contribution < -0.4 is 11.1 Å². The van der Waals surface area contributed by atoms with Crippen molar-refractivity contribution in [2.75, 3.05) is 11.1 Å². The number of benzene rings is 1. The van der Waals surface area contributed by atoms with Gasteiger partial charge in [-0.3, -0.25) is 10.00 Å². The standard InChI is InChI=1S/C15H19BrN4O2/c1-15(2,3)22-14(21)19-12-7-9(5-6-11(12)16)10-8-18-20(4)13(10)17/h5-8H,17H2,1-4H3,(H,19,21). The summed E-state index contributed by atoms with van der Waals surface area (Å²) in [6, 6.07) is 5.56. The number of nitrogens with zero attached hydrogens (tertiary/aromatic N) is 2. The van der Waals surface area contributed by atoms with Crippen LogP contribution >= 0.6 is 15.9 Å². The number of hydrogen-bond donors (Lipinski definition) is 2. The first-order valence-corrected chi connectivity index (χ1v) is 7.54. The predicted octanol–water partition coefficient (Wildman–Crippen LogP) is 3.78. The molecule has 6 nitrogen and oxygen atoms in total. The van der Waals surface area contributed by atoms with Gasteiger partial charge in [-0.15, -0.1) is 0 Å². The van der Waals surface area contributed by atoms with E-state index in [9.17, 15) is 4.79 Å². The molecule has 3 N–H and O–H groups in total. The second kappa shape index (κ2) is 6.00. The van der Waals surface area contributed by atoms with Crippen LogP contribution in [0.25, 0.3) is 11.1 Å². The first-order chi connectivity index (χ1) is 10.2. The Bertz CT molecular complexity index is 704. The molecule has 0 radical (unpaired) electrons. The number of carbonyl (C=O) groups is 1. The van der Waals surface area contributed by atoms with Crippen molar-refractivity contribution in [3.05, 3.63) is 28.9 Å². The van der Waals surface area contributed by atoms with Gasteiger partial charge in [0, 0.05) is 17.1 Å². The van der Waals surface area contributed by atoms with Crippen molar-refractivity contribution in [3.8, 4) is 11.1 Å². The summed E-state index contributed by atoms with van der Waals surface area (Å²) in [5.41, 5.74) is 7.71. The molecule has 1 aromatic carbocycles. The van der Waals surface area contributed by atoms with Gasteiger partial charge in [-0.25, -0.2) is 4.79 Å². The number of nitrogens with one attached hydrogen (secondary N) is 1. The summed E-state index contributed by atoms with van der Waals surface area (Å²) >= 11 is 3.41. The van der Waals surface area contributed by atoms with E-state index >= 15 is 0 Å². The second-order valence-electron chi connectivity index (χ2n) is 5.89. The Labute approximate surface area is 137 Å². The number of anilines is 2. The zero-order valence-electron chi connectivity index (χ0n) is 13.0. The van der Waals surface area contributed by atoms with Crippen LogP contribution in [0, 0.1) is 0 Å². The van der Waals surface area contributed by atoms with Gasteiger partial charge in [0.05, 0.1) is 11.9 Å². The van der Waals surface area contributed by atoms with E-state index < -0.39 is 11.7 Å². The molecule has 0 saturated heterocycles. The van der Waals surface area contributed by atoms with E-state index in [1.54, 1.807) is 17.9 Å². The molecule has 0 bridgehead atoms. The molecule has 0 aliphatic rings. The fourth-order valence-electron chi connectivity index (χ4n) is 1.87. The van der Waals surface area contributed by atoms with Crippen LogP contribution in [0.5, 0.6) is 0 Å². The van der Waals surface area contributed by atoms with Crippen LogP contribution in [-0.2, 0) is 11.8 Å². The maximum absolute atomic E-state index is 11.9. The lowest BCUT2D eigenvalue weighted by Gasteiger charge is -2.20. The van der Waals surface area contributed by atoms with Gasteiger partial charge in [-0.1, -0.05) is 6.07 Å². The van der Waals surface area contributed by atoms with Crippen LogP contribution in [0.4, 0.5) is 16.3 Å². The molecule has 0 saturated carbocycles. The van der Waals surface area contributed by atoms with E-state index in [2.05, 4.69) is 26.3 Å². The summed E-state index contributed by atoms with van der Waals surface area (Å²) < 4.78 is 7.61. The van der Waals surface area contributed by atoms with Crippen molar-refractivity contribution in [2.45, 2.75) is 26.4 Å². The Kier molecular flexibility index (Phi) is 4.46. The zero-order chi connectivity index (χ0) is 16.5. The third-order valence-corrected chi connectivity index (χ3v) is 3.59. The Morgan fingerprint density at radius 1 is 1.41 bits per heavy atom. The minimum Gasteiger partial charge on any atom is -0.444 e. The van der Waals surface area contributed by atoms with E-state index in [1.165, 1.54) is 0 Å². The SMILES string of the molecule is Cn1ncc(-c2ccc(Br)c(NC(=O)OC(C)(C)C)c2)c1N. The molecule has 2 rings (SSSR count). The molecule has 0 aliphatic heterocycles.